The first kappa shape index (κ1) is 12.1. The van der Waals surface area contributed by atoms with Crippen LogP contribution in [0.3, 0.4) is 0 Å². The fourth-order valence-corrected chi connectivity index (χ4v) is 3.76. The zero-order chi connectivity index (χ0) is 11.9. The van der Waals surface area contributed by atoms with Gasteiger partial charge in [-0.1, -0.05) is 31.9 Å². The summed E-state index contributed by atoms with van der Waals surface area (Å²) < 4.78 is 0.749. The summed E-state index contributed by atoms with van der Waals surface area (Å²) in [6.45, 7) is 6.35. The topological polar surface area (TPSA) is 17.1 Å². The smallest absolute Gasteiger partial charge is 0.176 e. The van der Waals surface area contributed by atoms with Crippen LogP contribution >= 0.6 is 22.9 Å². The molecule has 1 aromatic rings. The second kappa shape index (κ2) is 4.15. The first-order valence-electron chi connectivity index (χ1n) is 5.72. The molecule has 1 saturated carbocycles. The highest BCUT2D eigenvalue weighted by Crippen LogP contribution is 2.45. The lowest BCUT2D eigenvalue weighted by Gasteiger charge is -2.25. The Morgan fingerprint density at radius 2 is 2.25 bits per heavy atom. The molecule has 1 fully saturated rings. The maximum atomic E-state index is 12.4. The third-order valence-electron chi connectivity index (χ3n) is 3.67. The van der Waals surface area contributed by atoms with Crippen molar-refractivity contribution in [1.82, 2.24) is 0 Å². The van der Waals surface area contributed by atoms with Crippen molar-refractivity contribution in [3.63, 3.8) is 0 Å². The largest absolute Gasteiger partial charge is 0.293 e. The van der Waals surface area contributed by atoms with Crippen molar-refractivity contribution in [2.24, 2.45) is 11.3 Å². The lowest BCUT2D eigenvalue weighted by atomic mass is 9.79. The second-order valence-corrected chi connectivity index (χ2v) is 7.02. The van der Waals surface area contributed by atoms with Gasteiger partial charge in [0, 0.05) is 5.92 Å². The van der Waals surface area contributed by atoms with E-state index in [0.717, 1.165) is 27.6 Å². The third kappa shape index (κ3) is 2.05. The first-order chi connectivity index (χ1) is 7.42. The Hall–Kier alpha value is -0.340. The highest BCUT2D eigenvalue weighted by molar-refractivity contribution is 7.18. The van der Waals surface area contributed by atoms with Crippen molar-refractivity contribution < 1.29 is 4.79 Å². The van der Waals surface area contributed by atoms with Crippen molar-refractivity contribution >= 4 is 28.7 Å². The van der Waals surface area contributed by atoms with E-state index >= 15 is 0 Å². The van der Waals surface area contributed by atoms with Crippen LogP contribution in [0, 0.1) is 18.3 Å². The van der Waals surface area contributed by atoms with E-state index in [2.05, 4.69) is 13.8 Å². The minimum atomic E-state index is 0.154. The van der Waals surface area contributed by atoms with E-state index in [4.69, 9.17) is 11.6 Å². The predicted molar refractivity (Wildman–Crippen MR) is 69.5 cm³/mol. The minimum Gasteiger partial charge on any atom is -0.293 e. The molecular formula is C13H17ClOS. The van der Waals surface area contributed by atoms with E-state index in [0.29, 0.717) is 5.78 Å². The zero-order valence-corrected chi connectivity index (χ0v) is 11.5. The molecule has 0 bridgehead atoms. The normalized spacial score (nSPS) is 23.6. The van der Waals surface area contributed by atoms with Crippen molar-refractivity contribution in [2.75, 3.05) is 0 Å². The number of hydrogen-bond donors (Lipinski definition) is 0. The maximum absolute atomic E-state index is 12.4. The Balaban J connectivity index is 2.25. The average Bonchev–Trinajstić information content (AvgIpc) is 2.70. The molecule has 16 heavy (non-hydrogen) atoms. The van der Waals surface area contributed by atoms with Crippen molar-refractivity contribution in [3.8, 4) is 0 Å². The lowest BCUT2D eigenvalue weighted by molar-refractivity contribution is 0.0843. The van der Waals surface area contributed by atoms with E-state index in [1.54, 1.807) is 0 Å². The number of carbonyl (C=O) groups excluding carboxylic acids is 1. The number of aryl methyl sites for hydroxylation is 1. The Morgan fingerprint density at radius 3 is 2.69 bits per heavy atom. The molecule has 1 heterocycles. The molecule has 1 aliphatic carbocycles. The number of Topliss-reactive ketones (excluding diaryl/α,β-unsaturated/α-hetero) is 1. The van der Waals surface area contributed by atoms with Gasteiger partial charge in [0.05, 0.1) is 9.21 Å². The van der Waals surface area contributed by atoms with Gasteiger partial charge in [-0.15, -0.1) is 11.3 Å². The van der Waals surface area contributed by atoms with Crippen LogP contribution in [0.15, 0.2) is 6.07 Å². The van der Waals surface area contributed by atoms with Gasteiger partial charge in [0.1, 0.15) is 0 Å². The number of hydrogen-bond acceptors (Lipinski definition) is 2. The highest BCUT2D eigenvalue weighted by atomic mass is 35.5. The van der Waals surface area contributed by atoms with E-state index in [-0.39, 0.29) is 11.3 Å². The Labute approximate surface area is 106 Å². The molecule has 0 spiro atoms. The molecule has 1 aromatic heterocycles. The quantitative estimate of drug-likeness (QED) is 0.700. The van der Waals surface area contributed by atoms with E-state index in [1.165, 1.54) is 17.8 Å². The molecule has 0 radical (unpaired) electrons. The zero-order valence-electron chi connectivity index (χ0n) is 9.97. The van der Waals surface area contributed by atoms with Gasteiger partial charge in [-0.05, 0) is 36.8 Å². The highest BCUT2D eigenvalue weighted by Gasteiger charge is 2.39. The number of rotatable bonds is 2. The SMILES string of the molecule is Cc1cc(C(=O)C2CCCC2(C)C)sc1Cl. The Morgan fingerprint density at radius 1 is 1.56 bits per heavy atom. The van der Waals surface area contributed by atoms with Crippen LogP contribution in [0.4, 0.5) is 0 Å². The standard InChI is InChI=1S/C13H17ClOS/c1-8-7-10(16-12(8)14)11(15)9-5-4-6-13(9,2)3/h7,9H,4-6H2,1-3H3. The summed E-state index contributed by atoms with van der Waals surface area (Å²) >= 11 is 7.44. The lowest BCUT2D eigenvalue weighted by Crippen LogP contribution is -2.25. The number of halogens is 1. The average molecular weight is 257 g/mol. The molecule has 0 aromatic carbocycles. The monoisotopic (exact) mass is 256 g/mol. The van der Waals surface area contributed by atoms with E-state index in [1.807, 2.05) is 13.0 Å². The molecule has 0 saturated heterocycles. The van der Waals surface area contributed by atoms with Crippen molar-refractivity contribution in [3.05, 3.63) is 20.8 Å². The Kier molecular flexibility index (Phi) is 3.15. The molecule has 2 rings (SSSR count). The Bertz CT molecular complexity index is 400. The fourth-order valence-electron chi connectivity index (χ4n) is 2.57. The van der Waals surface area contributed by atoms with Crippen LogP contribution in [0.1, 0.15) is 48.3 Å². The predicted octanol–water partition coefficient (Wildman–Crippen LogP) is 4.72. The van der Waals surface area contributed by atoms with Crippen LogP contribution in [-0.2, 0) is 0 Å². The molecular weight excluding hydrogens is 240 g/mol. The van der Waals surface area contributed by atoms with Gasteiger partial charge in [0.25, 0.3) is 0 Å². The molecule has 0 aliphatic heterocycles. The maximum Gasteiger partial charge on any atom is 0.176 e. The summed E-state index contributed by atoms with van der Waals surface area (Å²) in [5.41, 5.74) is 1.17. The third-order valence-corrected chi connectivity index (χ3v) is 5.24. The summed E-state index contributed by atoms with van der Waals surface area (Å²) in [4.78, 5) is 13.2. The summed E-state index contributed by atoms with van der Waals surface area (Å²) in [5.74, 6) is 0.476. The van der Waals surface area contributed by atoms with Crippen LogP contribution < -0.4 is 0 Å². The molecule has 0 amide bonds. The van der Waals surface area contributed by atoms with Gasteiger partial charge in [0.15, 0.2) is 5.78 Å². The number of carbonyl (C=O) groups is 1. The van der Waals surface area contributed by atoms with Gasteiger partial charge >= 0.3 is 0 Å². The molecule has 1 unspecified atom stereocenters. The van der Waals surface area contributed by atoms with Gasteiger partial charge in [-0.2, -0.15) is 0 Å². The molecule has 3 heteroatoms. The minimum absolute atomic E-state index is 0.154. The second-order valence-electron chi connectivity index (χ2n) is 5.37. The summed E-state index contributed by atoms with van der Waals surface area (Å²) in [6, 6.07) is 1.93. The van der Waals surface area contributed by atoms with E-state index in [9.17, 15) is 4.79 Å². The van der Waals surface area contributed by atoms with Gasteiger partial charge in [-0.25, -0.2) is 0 Å². The summed E-state index contributed by atoms with van der Waals surface area (Å²) in [7, 11) is 0. The molecule has 1 aliphatic rings. The number of ketones is 1. The van der Waals surface area contributed by atoms with Crippen molar-refractivity contribution in [1.29, 1.82) is 0 Å². The molecule has 1 nitrogen and oxygen atoms in total. The van der Waals surface area contributed by atoms with Crippen LogP contribution in [0.5, 0.6) is 0 Å². The summed E-state index contributed by atoms with van der Waals surface area (Å²) in [6.07, 6.45) is 3.35. The molecule has 1 atom stereocenters. The number of thiophene rings is 1. The van der Waals surface area contributed by atoms with Crippen LogP contribution in [0.25, 0.3) is 0 Å². The molecule has 88 valence electrons. The fraction of sp³-hybridized carbons (Fsp3) is 0.615. The first-order valence-corrected chi connectivity index (χ1v) is 6.91. The van der Waals surface area contributed by atoms with E-state index < -0.39 is 0 Å². The van der Waals surface area contributed by atoms with Crippen LogP contribution in [-0.4, -0.2) is 5.78 Å². The van der Waals surface area contributed by atoms with Gasteiger partial charge in [0.2, 0.25) is 0 Å². The van der Waals surface area contributed by atoms with Crippen LogP contribution in [0.2, 0.25) is 4.34 Å². The van der Waals surface area contributed by atoms with Gasteiger partial charge < -0.3 is 0 Å². The summed E-state index contributed by atoms with van der Waals surface area (Å²) in [5, 5.41) is 0. The van der Waals surface area contributed by atoms with Gasteiger partial charge in [-0.3, -0.25) is 4.79 Å². The van der Waals surface area contributed by atoms with Crippen molar-refractivity contribution in [2.45, 2.75) is 40.0 Å². The molecule has 0 N–H and O–H groups in total.